The molecule has 140 valence electrons. The molecule has 2 aromatic heterocycles. The van der Waals surface area contributed by atoms with Crippen LogP contribution in [0, 0.1) is 0 Å². The number of thiophene rings is 1. The molecule has 3 aromatic rings. The molecule has 3 N–H and O–H groups in total. The maximum atomic E-state index is 9.67. The van der Waals surface area contributed by atoms with Crippen LogP contribution in [0.4, 0.5) is 23.1 Å². The Labute approximate surface area is 162 Å². The number of benzene rings is 1. The Morgan fingerprint density at radius 3 is 2.52 bits per heavy atom. The SMILES string of the molecule is OC1CCN(c2ccc(Nc3nc(NC4CC4)c4sccc4n3)cc2)CC1. The van der Waals surface area contributed by atoms with Crippen LogP contribution in [-0.4, -0.2) is 40.3 Å². The van der Waals surface area contributed by atoms with Crippen molar-refractivity contribution < 1.29 is 5.11 Å². The van der Waals surface area contributed by atoms with Crippen LogP contribution in [0.15, 0.2) is 35.7 Å². The van der Waals surface area contributed by atoms with E-state index in [1.165, 1.54) is 18.5 Å². The van der Waals surface area contributed by atoms with Gasteiger partial charge in [0, 0.05) is 30.5 Å². The smallest absolute Gasteiger partial charge is 0.229 e. The molecule has 1 saturated heterocycles. The maximum Gasteiger partial charge on any atom is 0.229 e. The van der Waals surface area contributed by atoms with Crippen molar-refractivity contribution in [2.75, 3.05) is 28.6 Å². The van der Waals surface area contributed by atoms with Crippen LogP contribution in [0.25, 0.3) is 10.2 Å². The highest BCUT2D eigenvalue weighted by Crippen LogP contribution is 2.32. The Kier molecular flexibility index (Phi) is 4.33. The summed E-state index contributed by atoms with van der Waals surface area (Å²) in [4.78, 5) is 11.7. The number of nitrogens with zero attached hydrogens (tertiary/aromatic N) is 3. The van der Waals surface area contributed by atoms with Gasteiger partial charge in [0.05, 0.1) is 16.3 Å². The zero-order chi connectivity index (χ0) is 18.2. The van der Waals surface area contributed by atoms with E-state index in [1.807, 2.05) is 6.07 Å². The molecule has 3 heterocycles. The monoisotopic (exact) mass is 381 g/mol. The number of piperidine rings is 1. The minimum atomic E-state index is -0.148. The summed E-state index contributed by atoms with van der Waals surface area (Å²) >= 11 is 1.68. The Morgan fingerprint density at radius 1 is 1.00 bits per heavy atom. The number of nitrogens with one attached hydrogen (secondary N) is 2. The molecule has 2 aliphatic rings. The van der Waals surface area contributed by atoms with Gasteiger partial charge in [0.15, 0.2) is 0 Å². The van der Waals surface area contributed by atoms with Gasteiger partial charge in [-0.15, -0.1) is 11.3 Å². The van der Waals surface area contributed by atoms with Crippen LogP contribution in [0.5, 0.6) is 0 Å². The first-order valence-electron chi connectivity index (χ1n) is 9.56. The first-order chi connectivity index (χ1) is 13.2. The number of hydrogen-bond donors (Lipinski definition) is 3. The lowest BCUT2D eigenvalue weighted by molar-refractivity contribution is 0.145. The third-order valence-electron chi connectivity index (χ3n) is 5.17. The van der Waals surface area contributed by atoms with E-state index in [1.54, 1.807) is 11.3 Å². The first kappa shape index (κ1) is 16.8. The largest absolute Gasteiger partial charge is 0.393 e. The number of rotatable bonds is 5. The zero-order valence-electron chi connectivity index (χ0n) is 15.1. The molecule has 0 amide bonds. The van der Waals surface area contributed by atoms with Crippen molar-refractivity contribution in [2.24, 2.45) is 0 Å². The molecule has 0 bridgehead atoms. The van der Waals surface area contributed by atoms with Crippen LogP contribution in [-0.2, 0) is 0 Å². The number of hydrogen-bond acceptors (Lipinski definition) is 7. The number of fused-ring (bicyclic) bond motifs is 1. The van der Waals surface area contributed by atoms with Crippen LogP contribution in [0.1, 0.15) is 25.7 Å². The van der Waals surface area contributed by atoms with Crippen LogP contribution < -0.4 is 15.5 Å². The lowest BCUT2D eigenvalue weighted by atomic mass is 10.1. The fourth-order valence-electron chi connectivity index (χ4n) is 3.45. The molecular formula is C20H23N5OS. The van der Waals surface area contributed by atoms with Gasteiger partial charge >= 0.3 is 0 Å². The van der Waals surface area contributed by atoms with Crippen molar-refractivity contribution >= 4 is 44.7 Å². The fraction of sp³-hybridized carbons (Fsp3) is 0.400. The van der Waals surface area contributed by atoms with Crippen LogP contribution >= 0.6 is 11.3 Å². The predicted molar refractivity (Wildman–Crippen MR) is 111 cm³/mol. The average Bonchev–Trinajstić information content (AvgIpc) is 3.37. The van der Waals surface area contributed by atoms with Gasteiger partial charge < -0.3 is 20.6 Å². The first-order valence-corrected chi connectivity index (χ1v) is 10.4. The lowest BCUT2D eigenvalue weighted by Gasteiger charge is -2.31. The summed E-state index contributed by atoms with van der Waals surface area (Å²) in [7, 11) is 0. The normalized spacial score (nSPS) is 18.0. The molecular weight excluding hydrogens is 358 g/mol. The van der Waals surface area contributed by atoms with Gasteiger partial charge in [0.1, 0.15) is 5.82 Å². The summed E-state index contributed by atoms with van der Waals surface area (Å²) in [5.74, 6) is 1.56. The van der Waals surface area contributed by atoms with Crippen LogP contribution in [0.3, 0.4) is 0 Å². The van der Waals surface area contributed by atoms with Gasteiger partial charge in [-0.3, -0.25) is 0 Å². The van der Waals surface area contributed by atoms with E-state index in [4.69, 9.17) is 4.98 Å². The Hall–Kier alpha value is -2.38. The standard InChI is InChI=1S/C20H23N5OS/c26-16-7-10-25(11-8-16)15-5-3-14(4-6-15)22-20-23-17-9-12-27-18(17)19(24-20)21-13-1-2-13/h3-6,9,12-13,16,26H,1-2,7-8,10-11H2,(H2,21,22,23,24). The van der Waals surface area contributed by atoms with E-state index in [0.717, 1.165) is 47.7 Å². The van der Waals surface area contributed by atoms with E-state index in [9.17, 15) is 5.11 Å². The quantitative estimate of drug-likeness (QED) is 0.621. The molecule has 0 atom stereocenters. The molecule has 1 aliphatic heterocycles. The average molecular weight is 382 g/mol. The van der Waals surface area contributed by atoms with E-state index in [0.29, 0.717) is 12.0 Å². The van der Waals surface area contributed by atoms with Crippen molar-refractivity contribution in [3.05, 3.63) is 35.7 Å². The van der Waals surface area contributed by atoms with E-state index in [2.05, 4.69) is 50.2 Å². The summed E-state index contributed by atoms with van der Waals surface area (Å²) in [6, 6.07) is 11.0. The number of aliphatic hydroxyl groups excluding tert-OH is 1. The summed E-state index contributed by atoms with van der Waals surface area (Å²) in [6.07, 6.45) is 3.96. The lowest BCUT2D eigenvalue weighted by Crippen LogP contribution is -2.35. The van der Waals surface area contributed by atoms with Gasteiger partial charge in [0.25, 0.3) is 0 Å². The van der Waals surface area contributed by atoms with Gasteiger partial charge in [-0.1, -0.05) is 0 Å². The molecule has 0 spiro atoms. The van der Waals surface area contributed by atoms with E-state index in [-0.39, 0.29) is 6.10 Å². The van der Waals surface area contributed by atoms with E-state index < -0.39 is 0 Å². The summed E-state index contributed by atoms with van der Waals surface area (Å²) < 4.78 is 1.12. The molecule has 0 unspecified atom stereocenters. The fourth-order valence-corrected chi connectivity index (χ4v) is 4.23. The highest BCUT2D eigenvalue weighted by Gasteiger charge is 2.23. The molecule has 1 saturated carbocycles. The molecule has 6 nitrogen and oxygen atoms in total. The Bertz CT molecular complexity index is 929. The highest BCUT2D eigenvalue weighted by molar-refractivity contribution is 7.17. The Balaban J connectivity index is 1.34. The van der Waals surface area contributed by atoms with Crippen molar-refractivity contribution in [2.45, 2.75) is 37.8 Å². The van der Waals surface area contributed by atoms with Gasteiger partial charge in [-0.25, -0.2) is 4.98 Å². The van der Waals surface area contributed by atoms with Gasteiger partial charge in [-0.2, -0.15) is 4.98 Å². The second-order valence-electron chi connectivity index (χ2n) is 7.34. The molecule has 27 heavy (non-hydrogen) atoms. The molecule has 2 fully saturated rings. The molecule has 7 heteroatoms. The van der Waals surface area contributed by atoms with Crippen LogP contribution in [0.2, 0.25) is 0 Å². The minimum absolute atomic E-state index is 0.148. The zero-order valence-corrected chi connectivity index (χ0v) is 15.9. The molecule has 0 radical (unpaired) electrons. The van der Waals surface area contributed by atoms with Crippen molar-refractivity contribution in [1.29, 1.82) is 0 Å². The minimum Gasteiger partial charge on any atom is -0.393 e. The number of aromatic nitrogens is 2. The predicted octanol–water partition coefficient (Wildman–Crippen LogP) is 3.97. The van der Waals surface area contributed by atoms with Crippen molar-refractivity contribution in [1.82, 2.24) is 9.97 Å². The second kappa shape index (κ2) is 6.98. The maximum absolute atomic E-state index is 9.67. The van der Waals surface area contributed by atoms with Crippen molar-refractivity contribution in [3.8, 4) is 0 Å². The second-order valence-corrected chi connectivity index (χ2v) is 8.26. The van der Waals surface area contributed by atoms with Crippen molar-refractivity contribution in [3.63, 3.8) is 0 Å². The molecule has 1 aliphatic carbocycles. The molecule has 1 aromatic carbocycles. The van der Waals surface area contributed by atoms with Gasteiger partial charge in [0.2, 0.25) is 5.95 Å². The summed E-state index contributed by atoms with van der Waals surface area (Å²) in [5.41, 5.74) is 3.14. The topological polar surface area (TPSA) is 73.3 Å². The number of anilines is 4. The Morgan fingerprint density at radius 2 is 1.78 bits per heavy atom. The van der Waals surface area contributed by atoms with Gasteiger partial charge in [-0.05, 0) is 61.4 Å². The summed E-state index contributed by atoms with van der Waals surface area (Å²) in [6.45, 7) is 1.81. The third-order valence-corrected chi connectivity index (χ3v) is 6.09. The highest BCUT2D eigenvalue weighted by atomic mass is 32.1. The third kappa shape index (κ3) is 3.70. The number of aliphatic hydroxyl groups is 1. The summed E-state index contributed by atoms with van der Waals surface area (Å²) in [5, 5.41) is 18.6. The van der Waals surface area contributed by atoms with E-state index >= 15 is 0 Å². The molecule has 5 rings (SSSR count).